The molecule has 1 aromatic heterocycles. The van der Waals surface area contributed by atoms with E-state index in [1.54, 1.807) is 11.5 Å². The summed E-state index contributed by atoms with van der Waals surface area (Å²) in [6.07, 6.45) is 3.44. The van der Waals surface area contributed by atoms with Crippen LogP contribution in [0.25, 0.3) is 6.08 Å². The van der Waals surface area contributed by atoms with Crippen molar-refractivity contribution in [1.82, 2.24) is 10.2 Å². The zero-order chi connectivity index (χ0) is 14.7. The molecule has 0 radical (unpaired) electrons. The molecule has 0 aromatic carbocycles. The molecule has 20 heavy (non-hydrogen) atoms. The molecule has 0 unspecified atom stereocenters. The Balaban J connectivity index is 2.16. The van der Waals surface area contributed by atoms with Crippen molar-refractivity contribution < 1.29 is 9.72 Å². The van der Waals surface area contributed by atoms with E-state index < -0.39 is 4.92 Å². The number of rotatable bonds is 5. The van der Waals surface area contributed by atoms with Crippen molar-refractivity contribution in [2.75, 3.05) is 6.54 Å². The van der Waals surface area contributed by atoms with E-state index in [1.807, 2.05) is 6.92 Å². The second kappa shape index (κ2) is 6.10. The molecule has 1 saturated heterocycles. The fraction of sp³-hybridized carbons (Fsp3) is 0.333. The largest absolute Gasteiger partial charge is 0.328 e. The third-order valence-corrected chi connectivity index (χ3v) is 4.02. The number of carbonyl (C=O) groups excluding carboxylic acids is 1. The Morgan fingerprint density at radius 1 is 1.60 bits per heavy atom. The van der Waals surface area contributed by atoms with Crippen LogP contribution in [0.3, 0.4) is 0 Å². The zero-order valence-electron chi connectivity index (χ0n) is 10.8. The van der Waals surface area contributed by atoms with Gasteiger partial charge in [-0.1, -0.05) is 24.7 Å². The predicted molar refractivity (Wildman–Crippen MR) is 81.3 cm³/mol. The predicted octanol–water partition coefficient (Wildman–Crippen LogP) is 2.51. The minimum atomic E-state index is -0.450. The van der Waals surface area contributed by atoms with Crippen LogP contribution in [0.15, 0.2) is 17.1 Å². The quantitative estimate of drug-likeness (QED) is 0.391. The monoisotopic (exact) mass is 311 g/mol. The average molecular weight is 311 g/mol. The van der Waals surface area contributed by atoms with E-state index in [-0.39, 0.29) is 10.9 Å². The van der Waals surface area contributed by atoms with Gasteiger partial charge in [0, 0.05) is 18.0 Å². The molecule has 106 valence electrons. The molecule has 1 fully saturated rings. The first-order chi connectivity index (χ1) is 9.52. The van der Waals surface area contributed by atoms with E-state index in [4.69, 9.17) is 12.2 Å². The maximum absolute atomic E-state index is 12.1. The molecular formula is C12H13N3O3S2. The van der Waals surface area contributed by atoms with Gasteiger partial charge in [-0.15, -0.1) is 0 Å². The second-order valence-corrected chi connectivity index (χ2v) is 5.55. The van der Waals surface area contributed by atoms with Crippen LogP contribution >= 0.6 is 23.6 Å². The summed E-state index contributed by atoms with van der Waals surface area (Å²) in [4.78, 5) is 23.8. The molecule has 0 saturated carbocycles. The fourth-order valence-electron chi connectivity index (χ4n) is 1.77. The van der Waals surface area contributed by atoms with Gasteiger partial charge >= 0.3 is 5.00 Å². The highest BCUT2D eigenvalue weighted by Gasteiger charge is 2.30. The summed E-state index contributed by atoms with van der Waals surface area (Å²) in [5.41, 5.74) is 0.983. The number of nitro groups is 1. The van der Waals surface area contributed by atoms with Crippen LogP contribution in [-0.4, -0.2) is 27.4 Å². The van der Waals surface area contributed by atoms with E-state index in [0.29, 0.717) is 22.9 Å². The van der Waals surface area contributed by atoms with Gasteiger partial charge < -0.3 is 5.32 Å². The molecular weight excluding hydrogens is 298 g/mol. The number of unbranched alkanes of at least 4 members (excludes halogenated alkanes) is 1. The highest BCUT2D eigenvalue weighted by atomic mass is 32.1. The van der Waals surface area contributed by atoms with Crippen LogP contribution in [0.4, 0.5) is 5.00 Å². The summed E-state index contributed by atoms with van der Waals surface area (Å²) in [5.74, 6) is -0.183. The molecule has 6 nitrogen and oxygen atoms in total. The van der Waals surface area contributed by atoms with Crippen molar-refractivity contribution in [3.63, 3.8) is 0 Å². The van der Waals surface area contributed by atoms with Crippen LogP contribution in [0.1, 0.15) is 25.3 Å². The maximum Gasteiger partial charge on any atom is 0.324 e. The minimum Gasteiger partial charge on any atom is -0.328 e. The molecule has 0 aliphatic carbocycles. The molecule has 0 atom stereocenters. The number of thiophene rings is 1. The molecule has 2 heterocycles. The van der Waals surface area contributed by atoms with Gasteiger partial charge in [0.1, 0.15) is 5.70 Å². The highest BCUT2D eigenvalue weighted by molar-refractivity contribution is 7.80. The third kappa shape index (κ3) is 3.02. The topological polar surface area (TPSA) is 75.5 Å². The first-order valence-corrected chi connectivity index (χ1v) is 7.39. The van der Waals surface area contributed by atoms with Crippen LogP contribution < -0.4 is 5.32 Å². The van der Waals surface area contributed by atoms with Crippen molar-refractivity contribution in [3.8, 4) is 0 Å². The first kappa shape index (κ1) is 14.6. The number of carbonyl (C=O) groups is 1. The van der Waals surface area contributed by atoms with E-state index in [0.717, 1.165) is 24.2 Å². The van der Waals surface area contributed by atoms with Crippen molar-refractivity contribution in [2.24, 2.45) is 0 Å². The molecule has 2 rings (SSSR count). The molecule has 1 aliphatic heterocycles. The van der Waals surface area contributed by atoms with Crippen molar-refractivity contribution in [1.29, 1.82) is 0 Å². The van der Waals surface area contributed by atoms with E-state index in [2.05, 4.69) is 5.32 Å². The van der Waals surface area contributed by atoms with E-state index in [9.17, 15) is 14.9 Å². The molecule has 1 amide bonds. The van der Waals surface area contributed by atoms with Crippen LogP contribution in [0.2, 0.25) is 0 Å². The van der Waals surface area contributed by atoms with Gasteiger partial charge in [0.05, 0.1) is 4.92 Å². The number of thiocarbonyl (C=S) groups is 1. The number of amides is 1. The summed E-state index contributed by atoms with van der Waals surface area (Å²) >= 11 is 6.15. The summed E-state index contributed by atoms with van der Waals surface area (Å²) in [5, 5.41) is 15.5. The van der Waals surface area contributed by atoms with Gasteiger partial charge in [0.25, 0.3) is 5.91 Å². The Hall–Kier alpha value is -1.80. The van der Waals surface area contributed by atoms with Crippen LogP contribution in [-0.2, 0) is 4.79 Å². The second-order valence-electron chi connectivity index (χ2n) is 4.27. The van der Waals surface area contributed by atoms with Gasteiger partial charge in [-0.25, -0.2) is 0 Å². The molecule has 1 N–H and O–H groups in total. The summed E-state index contributed by atoms with van der Waals surface area (Å²) in [7, 11) is 0. The van der Waals surface area contributed by atoms with E-state index >= 15 is 0 Å². The van der Waals surface area contributed by atoms with Gasteiger partial charge in [-0.2, -0.15) is 0 Å². The third-order valence-electron chi connectivity index (χ3n) is 2.79. The lowest BCUT2D eigenvalue weighted by Gasteiger charge is -2.12. The van der Waals surface area contributed by atoms with Gasteiger partial charge in [0.2, 0.25) is 0 Å². The van der Waals surface area contributed by atoms with Crippen molar-refractivity contribution in [2.45, 2.75) is 19.8 Å². The zero-order valence-corrected chi connectivity index (χ0v) is 12.4. The smallest absolute Gasteiger partial charge is 0.324 e. The fourth-order valence-corrected chi connectivity index (χ4v) is 2.74. The Labute approximate surface area is 125 Å². The Kier molecular flexibility index (Phi) is 4.46. The van der Waals surface area contributed by atoms with Crippen LogP contribution in [0.5, 0.6) is 0 Å². The summed E-state index contributed by atoms with van der Waals surface area (Å²) in [6, 6.07) is 1.43. The first-order valence-electron chi connectivity index (χ1n) is 6.10. The standard InChI is InChI=1S/C12H13N3O3S2/c1-2-3-4-14-11(16)9(13-12(14)19)5-8-6-10(15(17)18)20-7-8/h5-7H,2-4H2,1H3,(H,13,19). The van der Waals surface area contributed by atoms with Gasteiger partial charge in [-0.05, 0) is 30.3 Å². The number of nitrogens with zero attached hydrogens (tertiary/aromatic N) is 2. The van der Waals surface area contributed by atoms with E-state index in [1.165, 1.54) is 11.0 Å². The molecule has 1 aromatic rings. The Bertz CT molecular complexity index is 595. The Morgan fingerprint density at radius 2 is 2.35 bits per heavy atom. The van der Waals surface area contributed by atoms with Gasteiger partial charge in [0.15, 0.2) is 5.11 Å². The highest BCUT2D eigenvalue weighted by Crippen LogP contribution is 2.25. The number of nitrogens with one attached hydrogen (secondary N) is 1. The number of hydrogen-bond donors (Lipinski definition) is 1. The average Bonchev–Trinajstić information content (AvgIpc) is 2.95. The Morgan fingerprint density at radius 3 is 2.95 bits per heavy atom. The molecule has 8 heteroatoms. The lowest BCUT2D eigenvalue weighted by molar-refractivity contribution is -0.380. The summed E-state index contributed by atoms with van der Waals surface area (Å²) < 4.78 is 0. The molecule has 0 bridgehead atoms. The molecule has 1 aliphatic rings. The lowest BCUT2D eigenvalue weighted by Crippen LogP contribution is -2.31. The maximum atomic E-state index is 12.1. The van der Waals surface area contributed by atoms with Crippen LogP contribution in [0, 0.1) is 10.1 Å². The van der Waals surface area contributed by atoms with Crippen molar-refractivity contribution in [3.05, 3.63) is 32.8 Å². The normalized spacial score (nSPS) is 16.9. The van der Waals surface area contributed by atoms with Crippen molar-refractivity contribution >= 4 is 45.7 Å². The minimum absolute atomic E-state index is 0.0488. The lowest BCUT2D eigenvalue weighted by atomic mass is 10.2. The summed E-state index contributed by atoms with van der Waals surface area (Å²) in [6.45, 7) is 2.63. The molecule has 0 spiro atoms. The number of hydrogen-bond acceptors (Lipinski definition) is 5. The van der Waals surface area contributed by atoms with Gasteiger partial charge in [-0.3, -0.25) is 19.8 Å². The SMILES string of the molecule is CCCCN1C(=O)C(=Cc2csc([N+](=O)[O-])c2)NC1=S.